The van der Waals surface area contributed by atoms with Crippen molar-refractivity contribution in [2.24, 2.45) is 0 Å². The zero-order valence-corrected chi connectivity index (χ0v) is 11.9. The maximum Gasteiger partial charge on any atom is 0.224 e. The smallest absolute Gasteiger partial charge is 0.224 e. The van der Waals surface area contributed by atoms with Crippen LogP contribution in [0.25, 0.3) is 11.3 Å². The third-order valence-electron chi connectivity index (χ3n) is 2.58. The molecular formula is C13H7ClF2N4S. The summed E-state index contributed by atoms with van der Waals surface area (Å²) < 4.78 is 26.4. The number of nitrogens with one attached hydrogen (secondary N) is 1. The molecular weight excluding hydrogens is 318 g/mol. The van der Waals surface area contributed by atoms with Crippen LogP contribution in [0.15, 0.2) is 35.8 Å². The number of halogens is 3. The quantitative estimate of drug-likeness (QED) is 0.731. The van der Waals surface area contributed by atoms with E-state index in [0.29, 0.717) is 10.8 Å². The fraction of sp³-hybridized carbons (Fsp3) is 0. The average molecular weight is 325 g/mol. The van der Waals surface area contributed by atoms with E-state index in [1.807, 2.05) is 0 Å². The standard InChI is InChI=1S/C13H7ClF2N4S/c14-12-17-5-9(16)11(19-12)20-13-18-10(6-21-13)7-1-3-8(15)4-2-7/h1-6H,(H,17,18,19,20). The van der Waals surface area contributed by atoms with Crippen molar-refractivity contribution in [2.75, 3.05) is 5.32 Å². The van der Waals surface area contributed by atoms with Gasteiger partial charge in [-0.2, -0.15) is 4.98 Å². The van der Waals surface area contributed by atoms with Crippen molar-refractivity contribution in [2.45, 2.75) is 0 Å². The normalized spacial score (nSPS) is 10.6. The third kappa shape index (κ3) is 3.14. The molecule has 1 aromatic carbocycles. The molecule has 3 aromatic rings. The van der Waals surface area contributed by atoms with Crippen molar-refractivity contribution >= 4 is 33.9 Å². The lowest BCUT2D eigenvalue weighted by atomic mass is 10.2. The second kappa shape index (κ2) is 5.71. The van der Waals surface area contributed by atoms with Gasteiger partial charge in [0.25, 0.3) is 0 Å². The third-order valence-corrected chi connectivity index (χ3v) is 3.52. The van der Waals surface area contributed by atoms with Crippen LogP contribution in [0.2, 0.25) is 5.28 Å². The summed E-state index contributed by atoms with van der Waals surface area (Å²) in [4.78, 5) is 11.6. The van der Waals surface area contributed by atoms with Crippen molar-refractivity contribution in [3.63, 3.8) is 0 Å². The van der Waals surface area contributed by atoms with Crippen LogP contribution < -0.4 is 5.32 Å². The minimum absolute atomic E-state index is 0.0463. The average Bonchev–Trinajstić information content (AvgIpc) is 2.92. The summed E-state index contributed by atoms with van der Waals surface area (Å²) in [6.45, 7) is 0. The SMILES string of the molecule is Fc1ccc(-c2csc(Nc3nc(Cl)ncc3F)n2)cc1. The molecule has 0 aliphatic heterocycles. The van der Waals surface area contributed by atoms with Crippen LogP contribution in [0.1, 0.15) is 0 Å². The topological polar surface area (TPSA) is 50.7 Å². The molecule has 0 saturated carbocycles. The van der Waals surface area contributed by atoms with E-state index in [0.717, 1.165) is 11.8 Å². The first-order valence-electron chi connectivity index (χ1n) is 5.78. The Morgan fingerprint density at radius 1 is 1.10 bits per heavy atom. The fourth-order valence-corrected chi connectivity index (χ4v) is 2.47. The Morgan fingerprint density at radius 3 is 2.62 bits per heavy atom. The summed E-state index contributed by atoms with van der Waals surface area (Å²) in [7, 11) is 0. The van der Waals surface area contributed by atoms with Gasteiger partial charge in [0.2, 0.25) is 5.28 Å². The van der Waals surface area contributed by atoms with E-state index in [-0.39, 0.29) is 16.9 Å². The van der Waals surface area contributed by atoms with E-state index in [1.54, 1.807) is 17.5 Å². The van der Waals surface area contributed by atoms with Gasteiger partial charge < -0.3 is 5.32 Å². The lowest BCUT2D eigenvalue weighted by Crippen LogP contribution is -1.98. The van der Waals surface area contributed by atoms with Crippen molar-refractivity contribution in [1.29, 1.82) is 0 Å². The van der Waals surface area contributed by atoms with Gasteiger partial charge >= 0.3 is 0 Å². The molecule has 0 amide bonds. The molecule has 0 fully saturated rings. The molecule has 0 unspecified atom stereocenters. The zero-order chi connectivity index (χ0) is 14.8. The van der Waals surface area contributed by atoms with Crippen LogP contribution in [0.4, 0.5) is 19.7 Å². The Kier molecular flexibility index (Phi) is 3.76. The Labute approximate surface area is 127 Å². The minimum Gasteiger partial charge on any atom is -0.314 e. The first kappa shape index (κ1) is 13.8. The molecule has 21 heavy (non-hydrogen) atoms. The van der Waals surface area contributed by atoms with Crippen LogP contribution in [-0.2, 0) is 0 Å². The summed E-state index contributed by atoms with van der Waals surface area (Å²) in [6.07, 6.45) is 0.978. The summed E-state index contributed by atoms with van der Waals surface area (Å²) in [6, 6.07) is 5.95. The predicted molar refractivity (Wildman–Crippen MR) is 77.8 cm³/mol. The maximum absolute atomic E-state index is 13.5. The predicted octanol–water partition coefficient (Wildman–Crippen LogP) is 4.28. The molecule has 0 bridgehead atoms. The van der Waals surface area contributed by atoms with Gasteiger partial charge in [-0.3, -0.25) is 0 Å². The molecule has 0 aliphatic rings. The van der Waals surface area contributed by atoms with Crippen molar-refractivity contribution in [3.8, 4) is 11.3 Å². The van der Waals surface area contributed by atoms with Gasteiger partial charge in [0, 0.05) is 10.9 Å². The molecule has 106 valence electrons. The Balaban J connectivity index is 1.85. The molecule has 0 saturated heterocycles. The van der Waals surface area contributed by atoms with E-state index in [1.165, 1.54) is 23.5 Å². The highest BCUT2D eigenvalue weighted by Gasteiger charge is 2.10. The number of rotatable bonds is 3. The van der Waals surface area contributed by atoms with Crippen LogP contribution in [0, 0.1) is 11.6 Å². The molecule has 0 spiro atoms. The van der Waals surface area contributed by atoms with Gasteiger partial charge in [0.1, 0.15) is 5.82 Å². The van der Waals surface area contributed by atoms with Crippen molar-refractivity contribution in [3.05, 3.63) is 52.8 Å². The summed E-state index contributed by atoms with van der Waals surface area (Å²) in [5.74, 6) is -0.988. The highest BCUT2D eigenvalue weighted by atomic mass is 35.5. The molecule has 0 radical (unpaired) electrons. The van der Waals surface area contributed by atoms with Gasteiger partial charge in [-0.05, 0) is 35.9 Å². The molecule has 2 aromatic heterocycles. The maximum atomic E-state index is 13.5. The highest BCUT2D eigenvalue weighted by Crippen LogP contribution is 2.27. The van der Waals surface area contributed by atoms with E-state index in [4.69, 9.17) is 11.6 Å². The van der Waals surface area contributed by atoms with Gasteiger partial charge in [0.05, 0.1) is 11.9 Å². The fourth-order valence-electron chi connectivity index (χ4n) is 1.62. The van der Waals surface area contributed by atoms with E-state index >= 15 is 0 Å². The van der Waals surface area contributed by atoms with Crippen LogP contribution in [0.3, 0.4) is 0 Å². The van der Waals surface area contributed by atoms with Gasteiger partial charge in [-0.1, -0.05) is 0 Å². The van der Waals surface area contributed by atoms with Crippen molar-refractivity contribution < 1.29 is 8.78 Å². The van der Waals surface area contributed by atoms with Crippen LogP contribution in [0.5, 0.6) is 0 Å². The van der Waals surface area contributed by atoms with Crippen molar-refractivity contribution in [1.82, 2.24) is 15.0 Å². The van der Waals surface area contributed by atoms with E-state index in [2.05, 4.69) is 20.3 Å². The van der Waals surface area contributed by atoms with Gasteiger partial charge in [-0.25, -0.2) is 18.7 Å². The van der Waals surface area contributed by atoms with Gasteiger partial charge in [0.15, 0.2) is 16.8 Å². The minimum atomic E-state index is -0.627. The summed E-state index contributed by atoms with van der Waals surface area (Å²) in [5.41, 5.74) is 1.42. The lowest BCUT2D eigenvalue weighted by Gasteiger charge is -2.02. The van der Waals surface area contributed by atoms with Crippen LogP contribution >= 0.6 is 22.9 Å². The first-order valence-corrected chi connectivity index (χ1v) is 7.04. The first-order chi connectivity index (χ1) is 10.1. The molecule has 2 heterocycles. The summed E-state index contributed by atoms with van der Waals surface area (Å²) in [5, 5.41) is 4.90. The molecule has 3 rings (SSSR count). The number of hydrogen-bond donors (Lipinski definition) is 1. The number of anilines is 2. The summed E-state index contributed by atoms with van der Waals surface area (Å²) >= 11 is 6.89. The van der Waals surface area contributed by atoms with E-state index < -0.39 is 5.82 Å². The second-order valence-electron chi connectivity index (χ2n) is 4.01. The van der Waals surface area contributed by atoms with E-state index in [9.17, 15) is 8.78 Å². The number of nitrogens with zero attached hydrogens (tertiary/aromatic N) is 3. The van der Waals surface area contributed by atoms with Gasteiger partial charge in [-0.15, -0.1) is 11.3 Å². The lowest BCUT2D eigenvalue weighted by molar-refractivity contribution is 0.619. The molecule has 0 atom stereocenters. The van der Waals surface area contributed by atoms with Crippen LogP contribution in [-0.4, -0.2) is 15.0 Å². The Hall–Kier alpha value is -2.12. The zero-order valence-electron chi connectivity index (χ0n) is 10.3. The molecule has 8 heteroatoms. The number of benzene rings is 1. The Bertz CT molecular complexity index is 776. The molecule has 4 nitrogen and oxygen atoms in total. The molecule has 1 N–H and O–H groups in total. The highest BCUT2D eigenvalue weighted by molar-refractivity contribution is 7.14. The number of aromatic nitrogens is 3. The monoisotopic (exact) mass is 324 g/mol. The molecule has 0 aliphatic carbocycles. The number of thiazole rings is 1. The number of hydrogen-bond acceptors (Lipinski definition) is 5. The Morgan fingerprint density at radius 2 is 1.86 bits per heavy atom. The largest absolute Gasteiger partial charge is 0.314 e. The second-order valence-corrected chi connectivity index (χ2v) is 5.20.